The molecule has 0 aromatic rings. The van der Waals surface area contributed by atoms with Crippen LogP contribution in [0.15, 0.2) is 15.0 Å². The summed E-state index contributed by atoms with van der Waals surface area (Å²) < 4.78 is 0.653. The lowest BCUT2D eigenvalue weighted by Crippen LogP contribution is -2.01. The molecule has 1 atom stereocenters. The summed E-state index contributed by atoms with van der Waals surface area (Å²) in [5.74, 6) is -0.931. The van der Waals surface area contributed by atoms with Crippen molar-refractivity contribution >= 4 is 28.1 Å². The Morgan fingerprint density at radius 3 is 2.70 bits per heavy atom. The lowest BCUT2D eigenvalue weighted by molar-refractivity contribution is -0.132. The minimum absolute atomic E-state index is 0.0360. The van der Waals surface area contributed by atoms with E-state index in [9.17, 15) is 4.79 Å². The van der Waals surface area contributed by atoms with Crippen LogP contribution in [-0.2, 0) is 4.79 Å². The summed E-state index contributed by atoms with van der Waals surface area (Å²) in [7, 11) is 0. The van der Waals surface area contributed by atoms with Crippen LogP contribution in [0.5, 0.6) is 0 Å². The molecular weight excluding hydrogens is 198 g/mol. The quantitative estimate of drug-likeness (QED) is 0.697. The second kappa shape index (κ2) is 2.54. The van der Waals surface area contributed by atoms with Gasteiger partial charge in [0.2, 0.25) is 0 Å². The van der Waals surface area contributed by atoms with Gasteiger partial charge < -0.3 is 5.11 Å². The van der Waals surface area contributed by atoms with E-state index in [-0.39, 0.29) is 11.6 Å². The third-order valence-electron chi connectivity index (χ3n) is 1.28. The van der Waals surface area contributed by atoms with E-state index in [1.165, 1.54) is 6.21 Å². The van der Waals surface area contributed by atoms with Crippen LogP contribution < -0.4 is 0 Å². The topological polar surface area (TPSA) is 49.7 Å². The van der Waals surface area contributed by atoms with Crippen LogP contribution in [0.25, 0.3) is 0 Å². The molecule has 1 N–H and O–H groups in total. The predicted octanol–water partition coefficient (Wildman–Crippen LogP) is 1.19. The Morgan fingerprint density at radius 2 is 2.50 bits per heavy atom. The van der Waals surface area contributed by atoms with E-state index in [1.54, 1.807) is 0 Å². The van der Waals surface area contributed by atoms with Gasteiger partial charge in [0.15, 0.2) is 0 Å². The average Bonchev–Trinajstić information content (AvgIpc) is 2.14. The van der Waals surface area contributed by atoms with Crippen molar-refractivity contribution in [2.75, 3.05) is 0 Å². The zero-order valence-corrected chi connectivity index (χ0v) is 6.92. The maximum Gasteiger partial charge on any atom is 0.338 e. The van der Waals surface area contributed by atoms with Crippen molar-refractivity contribution in [3.05, 3.63) is 10.1 Å². The van der Waals surface area contributed by atoms with E-state index >= 15 is 0 Å². The molecule has 4 heteroatoms. The van der Waals surface area contributed by atoms with Gasteiger partial charge in [-0.1, -0.05) is 15.9 Å². The number of aliphatic carboxylic acids is 1. The highest BCUT2D eigenvalue weighted by atomic mass is 79.9. The zero-order chi connectivity index (χ0) is 7.72. The molecule has 0 radical (unpaired) electrons. The van der Waals surface area contributed by atoms with Gasteiger partial charge in [0.05, 0.1) is 11.6 Å². The summed E-state index contributed by atoms with van der Waals surface area (Å²) in [6.45, 7) is 1.83. The van der Waals surface area contributed by atoms with Gasteiger partial charge >= 0.3 is 5.97 Å². The van der Waals surface area contributed by atoms with Crippen LogP contribution in [0.2, 0.25) is 0 Å². The molecule has 10 heavy (non-hydrogen) atoms. The number of rotatable bonds is 1. The molecule has 1 rings (SSSR count). The number of carboxylic acid groups (broad SMARTS) is 1. The van der Waals surface area contributed by atoms with Crippen LogP contribution in [-0.4, -0.2) is 23.3 Å². The Labute approximate surface area is 66.6 Å². The largest absolute Gasteiger partial charge is 0.478 e. The third-order valence-corrected chi connectivity index (χ3v) is 2.37. The summed E-state index contributed by atoms with van der Waals surface area (Å²) in [6, 6.07) is -0.0360. The minimum Gasteiger partial charge on any atom is -0.478 e. The van der Waals surface area contributed by atoms with Crippen LogP contribution >= 0.6 is 15.9 Å². The Bertz CT molecular complexity index is 232. The Hall–Kier alpha value is -0.640. The van der Waals surface area contributed by atoms with Gasteiger partial charge in [-0.25, -0.2) is 4.79 Å². The summed E-state index contributed by atoms with van der Waals surface area (Å²) in [5, 5.41) is 8.52. The molecule has 1 aliphatic rings. The van der Waals surface area contributed by atoms with Gasteiger partial charge in [-0.15, -0.1) is 0 Å². The van der Waals surface area contributed by atoms with E-state index in [0.717, 1.165) is 0 Å². The number of carboxylic acids is 1. The maximum absolute atomic E-state index is 10.4. The van der Waals surface area contributed by atoms with Crippen LogP contribution in [0.4, 0.5) is 0 Å². The van der Waals surface area contributed by atoms with Gasteiger partial charge in [-0.05, 0) is 6.92 Å². The van der Waals surface area contributed by atoms with E-state index in [4.69, 9.17) is 5.11 Å². The van der Waals surface area contributed by atoms with Gasteiger partial charge in [-0.3, -0.25) is 4.99 Å². The molecule has 0 spiro atoms. The van der Waals surface area contributed by atoms with E-state index in [0.29, 0.717) is 4.48 Å². The molecule has 1 heterocycles. The highest BCUT2D eigenvalue weighted by molar-refractivity contribution is 9.11. The lowest BCUT2D eigenvalue weighted by Gasteiger charge is -1.96. The lowest BCUT2D eigenvalue weighted by atomic mass is 10.2. The Balaban J connectivity index is 2.96. The van der Waals surface area contributed by atoms with Crippen molar-refractivity contribution in [1.82, 2.24) is 0 Å². The normalized spacial score (nSPS) is 24.0. The standard InChI is InChI=1S/C6H6BrNO2/c1-3-5(7)4(2-8-3)6(9)10/h2-3H,1H3,(H,9,10). The molecule has 0 aliphatic carbocycles. The summed E-state index contributed by atoms with van der Waals surface area (Å²) >= 11 is 3.14. The molecule has 0 bridgehead atoms. The highest BCUT2D eigenvalue weighted by Gasteiger charge is 2.19. The number of hydrogen-bond acceptors (Lipinski definition) is 2. The summed E-state index contributed by atoms with van der Waals surface area (Å²) in [5.41, 5.74) is 0.257. The van der Waals surface area contributed by atoms with Crippen molar-refractivity contribution in [2.45, 2.75) is 13.0 Å². The first kappa shape index (κ1) is 7.47. The number of hydrogen-bond donors (Lipinski definition) is 1. The van der Waals surface area contributed by atoms with E-state index in [2.05, 4.69) is 20.9 Å². The first-order valence-electron chi connectivity index (χ1n) is 2.79. The SMILES string of the molecule is CC1N=CC(C(=O)O)=C1Br. The minimum atomic E-state index is -0.931. The van der Waals surface area contributed by atoms with Gasteiger partial charge in [0.1, 0.15) is 0 Å². The number of nitrogens with zero attached hydrogens (tertiary/aromatic N) is 1. The molecule has 0 aromatic heterocycles. The fraction of sp³-hybridized carbons (Fsp3) is 0.333. The second-order valence-electron chi connectivity index (χ2n) is 2.02. The van der Waals surface area contributed by atoms with Crippen molar-refractivity contribution in [1.29, 1.82) is 0 Å². The first-order valence-corrected chi connectivity index (χ1v) is 3.58. The monoisotopic (exact) mass is 203 g/mol. The van der Waals surface area contributed by atoms with Gasteiger partial charge in [0.25, 0.3) is 0 Å². The molecule has 1 unspecified atom stereocenters. The smallest absolute Gasteiger partial charge is 0.338 e. The van der Waals surface area contributed by atoms with E-state index < -0.39 is 5.97 Å². The fourth-order valence-electron chi connectivity index (χ4n) is 0.696. The zero-order valence-electron chi connectivity index (χ0n) is 5.34. The molecule has 1 aliphatic heterocycles. The predicted molar refractivity (Wildman–Crippen MR) is 41.5 cm³/mol. The van der Waals surface area contributed by atoms with Gasteiger partial charge in [-0.2, -0.15) is 0 Å². The Kier molecular flexibility index (Phi) is 1.89. The maximum atomic E-state index is 10.4. The van der Waals surface area contributed by atoms with Crippen molar-refractivity contribution in [3.63, 3.8) is 0 Å². The van der Waals surface area contributed by atoms with Crippen LogP contribution in [0, 0.1) is 0 Å². The molecule has 0 fully saturated rings. The first-order chi connectivity index (χ1) is 4.63. The molecule has 54 valence electrons. The molecule has 0 saturated carbocycles. The third kappa shape index (κ3) is 1.11. The number of aliphatic imine (C=N–C) groups is 1. The molecule has 3 nitrogen and oxygen atoms in total. The molecule has 0 saturated heterocycles. The summed E-state index contributed by atoms with van der Waals surface area (Å²) in [4.78, 5) is 14.3. The molecular formula is C6H6BrNO2. The second-order valence-corrected chi connectivity index (χ2v) is 2.88. The van der Waals surface area contributed by atoms with E-state index in [1.807, 2.05) is 6.92 Å². The average molecular weight is 204 g/mol. The molecule has 0 aromatic carbocycles. The van der Waals surface area contributed by atoms with Gasteiger partial charge in [0, 0.05) is 10.7 Å². The van der Waals surface area contributed by atoms with Crippen molar-refractivity contribution in [3.8, 4) is 0 Å². The van der Waals surface area contributed by atoms with Crippen molar-refractivity contribution < 1.29 is 9.90 Å². The van der Waals surface area contributed by atoms with Crippen molar-refractivity contribution in [2.24, 2.45) is 4.99 Å². The number of carbonyl (C=O) groups is 1. The van der Waals surface area contributed by atoms with Crippen LogP contribution in [0.3, 0.4) is 0 Å². The Morgan fingerprint density at radius 1 is 1.90 bits per heavy atom. The molecule has 0 amide bonds. The van der Waals surface area contributed by atoms with Crippen LogP contribution in [0.1, 0.15) is 6.92 Å². The number of halogens is 1. The highest BCUT2D eigenvalue weighted by Crippen LogP contribution is 2.22. The summed E-state index contributed by atoms with van der Waals surface area (Å²) in [6.07, 6.45) is 1.37. The fourth-order valence-corrected chi connectivity index (χ4v) is 1.09.